The Hall–Kier alpha value is -2.34. The number of aliphatic imine (C=N–C) groups is 1. The molecule has 0 fully saturated rings. The van der Waals surface area contributed by atoms with Crippen molar-refractivity contribution >= 4 is 28.5 Å². The lowest BCUT2D eigenvalue weighted by molar-refractivity contribution is 0.102. The number of thioether (sulfide) groups is 1. The molecule has 6 heteroatoms. The van der Waals surface area contributed by atoms with E-state index in [9.17, 15) is 9.18 Å². The van der Waals surface area contributed by atoms with Crippen molar-refractivity contribution in [2.24, 2.45) is 10.7 Å². The SMILES string of the molecule is CCCCCc1ccc(C(=O)Nc2cc(C3(C)CCSC(N)=N3)ccc2F)cc1. The maximum Gasteiger partial charge on any atom is 0.255 e. The molecule has 0 spiro atoms. The summed E-state index contributed by atoms with van der Waals surface area (Å²) in [6.07, 6.45) is 5.33. The van der Waals surface area contributed by atoms with E-state index in [2.05, 4.69) is 17.2 Å². The quantitative estimate of drug-likeness (QED) is 0.591. The van der Waals surface area contributed by atoms with Crippen LogP contribution in [-0.4, -0.2) is 16.8 Å². The second kappa shape index (κ2) is 9.44. The summed E-state index contributed by atoms with van der Waals surface area (Å²) < 4.78 is 14.4. The maximum absolute atomic E-state index is 14.4. The Bertz CT molecular complexity index is 897. The van der Waals surface area contributed by atoms with Crippen molar-refractivity contribution in [2.45, 2.75) is 51.5 Å². The van der Waals surface area contributed by atoms with Crippen molar-refractivity contribution in [1.29, 1.82) is 0 Å². The zero-order valence-corrected chi connectivity index (χ0v) is 17.8. The van der Waals surface area contributed by atoms with Gasteiger partial charge in [0.25, 0.3) is 5.91 Å². The molecule has 2 aromatic carbocycles. The van der Waals surface area contributed by atoms with E-state index in [4.69, 9.17) is 5.73 Å². The number of anilines is 1. The van der Waals surface area contributed by atoms with Gasteiger partial charge in [0.2, 0.25) is 0 Å². The average molecular weight is 414 g/mol. The molecule has 154 valence electrons. The van der Waals surface area contributed by atoms with Crippen LogP contribution in [0.5, 0.6) is 0 Å². The van der Waals surface area contributed by atoms with Crippen LogP contribution in [0.25, 0.3) is 0 Å². The number of nitrogens with two attached hydrogens (primary N) is 1. The molecule has 1 heterocycles. The van der Waals surface area contributed by atoms with E-state index in [-0.39, 0.29) is 11.6 Å². The van der Waals surface area contributed by atoms with Gasteiger partial charge in [-0.1, -0.05) is 49.7 Å². The highest BCUT2D eigenvalue weighted by Gasteiger charge is 2.30. The number of aryl methyl sites for hydroxylation is 1. The Kier molecular flexibility index (Phi) is 6.96. The van der Waals surface area contributed by atoms with Gasteiger partial charge >= 0.3 is 0 Å². The van der Waals surface area contributed by atoms with E-state index < -0.39 is 11.4 Å². The third kappa shape index (κ3) is 5.38. The molecule has 1 unspecified atom stereocenters. The van der Waals surface area contributed by atoms with Crippen LogP contribution in [0.4, 0.5) is 10.1 Å². The second-order valence-corrected chi connectivity index (χ2v) is 8.74. The lowest BCUT2D eigenvalue weighted by Crippen LogP contribution is -2.29. The van der Waals surface area contributed by atoms with Gasteiger partial charge in [-0.15, -0.1) is 0 Å². The molecule has 0 bridgehead atoms. The summed E-state index contributed by atoms with van der Waals surface area (Å²) in [5.74, 6) is 0.0627. The van der Waals surface area contributed by atoms with Crippen LogP contribution >= 0.6 is 11.8 Å². The third-order valence-electron chi connectivity index (χ3n) is 5.32. The van der Waals surface area contributed by atoms with E-state index >= 15 is 0 Å². The van der Waals surface area contributed by atoms with Crippen LogP contribution in [0.1, 0.15) is 61.0 Å². The number of carbonyl (C=O) groups excluding carboxylic acids is 1. The number of nitrogens with one attached hydrogen (secondary N) is 1. The zero-order chi connectivity index (χ0) is 20.9. The molecule has 1 amide bonds. The third-order valence-corrected chi connectivity index (χ3v) is 6.11. The van der Waals surface area contributed by atoms with Crippen molar-refractivity contribution in [2.75, 3.05) is 11.1 Å². The molecule has 0 aromatic heterocycles. The zero-order valence-electron chi connectivity index (χ0n) is 17.0. The summed E-state index contributed by atoms with van der Waals surface area (Å²) in [4.78, 5) is 17.2. The topological polar surface area (TPSA) is 67.5 Å². The number of unbranched alkanes of at least 4 members (excludes halogenated alkanes) is 2. The first-order chi connectivity index (χ1) is 13.9. The summed E-state index contributed by atoms with van der Waals surface area (Å²) in [5, 5.41) is 3.24. The van der Waals surface area contributed by atoms with Gasteiger partial charge in [0.05, 0.1) is 11.2 Å². The van der Waals surface area contributed by atoms with Gasteiger partial charge in [-0.2, -0.15) is 0 Å². The number of amides is 1. The molecule has 1 aliphatic rings. The van der Waals surface area contributed by atoms with E-state index in [1.54, 1.807) is 24.3 Å². The minimum Gasteiger partial charge on any atom is -0.379 e. The first kappa shape index (κ1) is 21.4. The number of carbonyl (C=O) groups is 1. The van der Waals surface area contributed by atoms with E-state index in [0.29, 0.717) is 10.7 Å². The molecular weight excluding hydrogens is 385 g/mol. The lowest BCUT2D eigenvalue weighted by Gasteiger charge is -2.30. The van der Waals surface area contributed by atoms with Crippen molar-refractivity contribution < 1.29 is 9.18 Å². The van der Waals surface area contributed by atoms with Gasteiger partial charge in [0.15, 0.2) is 5.17 Å². The van der Waals surface area contributed by atoms with Crippen LogP contribution in [0.2, 0.25) is 0 Å². The van der Waals surface area contributed by atoms with Crippen molar-refractivity contribution in [3.05, 3.63) is 65.0 Å². The molecule has 3 N–H and O–H groups in total. The molecule has 1 atom stereocenters. The summed E-state index contributed by atoms with van der Waals surface area (Å²) >= 11 is 1.52. The summed E-state index contributed by atoms with van der Waals surface area (Å²) in [6, 6.07) is 12.3. The minimum absolute atomic E-state index is 0.160. The minimum atomic E-state index is -0.511. The van der Waals surface area contributed by atoms with Crippen molar-refractivity contribution in [1.82, 2.24) is 0 Å². The Morgan fingerprint density at radius 3 is 2.69 bits per heavy atom. The van der Waals surface area contributed by atoms with Crippen molar-refractivity contribution in [3.8, 4) is 0 Å². The molecular formula is C23H28FN3OS. The molecule has 2 aromatic rings. The fraction of sp³-hybridized carbons (Fsp3) is 0.391. The van der Waals surface area contributed by atoms with Gasteiger partial charge in [-0.25, -0.2) is 4.39 Å². The molecule has 0 radical (unpaired) electrons. The highest BCUT2D eigenvalue weighted by atomic mass is 32.2. The normalized spacial score (nSPS) is 18.9. The van der Waals surface area contributed by atoms with Gasteiger partial charge in [-0.05, 0) is 61.6 Å². The van der Waals surface area contributed by atoms with Crippen LogP contribution in [0.3, 0.4) is 0 Å². The molecule has 0 aliphatic carbocycles. The summed E-state index contributed by atoms with van der Waals surface area (Å²) in [7, 11) is 0. The second-order valence-electron chi connectivity index (χ2n) is 7.63. The molecule has 3 rings (SSSR count). The number of hydrogen-bond acceptors (Lipinski definition) is 4. The molecule has 0 saturated heterocycles. The van der Waals surface area contributed by atoms with Gasteiger partial charge in [-0.3, -0.25) is 9.79 Å². The van der Waals surface area contributed by atoms with Crippen LogP contribution in [-0.2, 0) is 12.0 Å². The van der Waals surface area contributed by atoms with E-state index in [1.165, 1.54) is 36.2 Å². The predicted octanol–water partition coefficient (Wildman–Crippen LogP) is 5.48. The van der Waals surface area contributed by atoms with Gasteiger partial charge < -0.3 is 11.1 Å². The smallest absolute Gasteiger partial charge is 0.255 e. The van der Waals surface area contributed by atoms with E-state index in [0.717, 1.165) is 30.6 Å². The molecule has 1 aliphatic heterocycles. The Morgan fingerprint density at radius 2 is 2.00 bits per heavy atom. The predicted molar refractivity (Wildman–Crippen MR) is 120 cm³/mol. The Balaban J connectivity index is 1.74. The Labute approximate surface area is 176 Å². The molecule has 4 nitrogen and oxygen atoms in total. The summed E-state index contributed by atoms with van der Waals surface area (Å²) in [5.41, 5.74) is 8.10. The number of hydrogen-bond donors (Lipinski definition) is 2. The first-order valence-corrected chi connectivity index (χ1v) is 11.1. The monoisotopic (exact) mass is 413 g/mol. The Morgan fingerprint density at radius 1 is 1.24 bits per heavy atom. The van der Waals surface area contributed by atoms with E-state index in [1.807, 2.05) is 19.1 Å². The number of amidine groups is 1. The average Bonchev–Trinajstić information content (AvgIpc) is 2.70. The number of rotatable bonds is 7. The highest BCUT2D eigenvalue weighted by molar-refractivity contribution is 8.13. The molecule has 0 saturated carbocycles. The number of benzene rings is 2. The lowest BCUT2D eigenvalue weighted by atomic mass is 9.89. The fourth-order valence-electron chi connectivity index (χ4n) is 3.45. The van der Waals surface area contributed by atoms with Crippen LogP contribution in [0.15, 0.2) is 47.5 Å². The summed E-state index contributed by atoms with van der Waals surface area (Å²) in [6.45, 7) is 4.16. The molecule has 29 heavy (non-hydrogen) atoms. The van der Waals surface area contributed by atoms with Crippen LogP contribution in [0, 0.1) is 5.82 Å². The van der Waals surface area contributed by atoms with Gasteiger partial charge in [0, 0.05) is 11.3 Å². The highest BCUT2D eigenvalue weighted by Crippen LogP contribution is 2.36. The standard InChI is InChI=1S/C23H28FN3OS/c1-3-4-5-6-16-7-9-17(10-8-16)21(28)26-20-15-18(11-12-19(20)24)23(2)13-14-29-22(25)27-23/h7-12,15H,3-6,13-14H2,1-2H3,(H2,25,27)(H,26,28). The van der Waals surface area contributed by atoms with Gasteiger partial charge in [0.1, 0.15) is 5.82 Å². The largest absolute Gasteiger partial charge is 0.379 e. The number of halogens is 1. The first-order valence-electron chi connectivity index (χ1n) is 10.1. The number of nitrogens with zero attached hydrogens (tertiary/aromatic N) is 1. The maximum atomic E-state index is 14.4. The van der Waals surface area contributed by atoms with Crippen molar-refractivity contribution in [3.63, 3.8) is 0 Å². The fourth-order valence-corrected chi connectivity index (χ4v) is 4.42. The van der Waals surface area contributed by atoms with Crippen LogP contribution < -0.4 is 11.1 Å².